The second kappa shape index (κ2) is 10.3. The standard InChI is InChI=1S/C25H29NO5S/c1-5-16-8-11-19(26-14-16)21(31-24(29)25(2,3)4)15-30-18-9-6-17(7-10-18)12-22-20(27)13-23(28)32-22/h6-11,14,21-22H,5,12-13,15H2,1-4H3/t21-,22?/m0/s1. The predicted molar refractivity (Wildman–Crippen MR) is 124 cm³/mol. The van der Waals surface area contributed by atoms with E-state index >= 15 is 0 Å². The van der Waals surface area contributed by atoms with E-state index in [1.807, 2.05) is 36.4 Å². The summed E-state index contributed by atoms with van der Waals surface area (Å²) in [5.41, 5.74) is 2.07. The molecule has 2 heterocycles. The van der Waals surface area contributed by atoms with E-state index in [1.165, 1.54) is 0 Å². The number of benzene rings is 1. The number of pyridine rings is 1. The molecule has 0 saturated carbocycles. The summed E-state index contributed by atoms with van der Waals surface area (Å²) in [7, 11) is 0. The van der Waals surface area contributed by atoms with Gasteiger partial charge in [0.1, 0.15) is 12.4 Å². The van der Waals surface area contributed by atoms with E-state index in [1.54, 1.807) is 27.0 Å². The summed E-state index contributed by atoms with van der Waals surface area (Å²) < 4.78 is 11.6. The number of rotatable bonds is 8. The molecule has 2 atom stereocenters. The highest BCUT2D eigenvalue weighted by atomic mass is 32.2. The number of Topliss-reactive ketones (excluding diaryl/α,β-unsaturated/α-hetero) is 1. The van der Waals surface area contributed by atoms with Gasteiger partial charge in [0.15, 0.2) is 17.0 Å². The van der Waals surface area contributed by atoms with Gasteiger partial charge in [-0.05, 0) is 62.9 Å². The molecule has 0 radical (unpaired) electrons. The fourth-order valence-corrected chi connectivity index (χ4v) is 4.14. The maximum atomic E-state index is 12.5. The Kier molecular flexibility index (Phi) is 7.72. The van der Waals surface area contributed by atoms with Crippen molar-refractivity contribution >= 4 is 28.6 Å². The van der Waals surface area contributed by atoms with Crippen LogP contribution in [0, 0.1) is 5.41 Å². The summed E-state index contributed by atoms with van der Waals surface area (Å²) in [6.45, 7) is 7.60. The van der Waals surface area contributed by atoms with Crippen molar-refractivity contribution in [3.05, 3.63) is 59.4 Å². The molecule has 1 aromatic carbocycles. The largest absolute Gasteiger partial charge is 0.489 e. The molecule has 1 unspecified atom stereocenters. The molecule has 0 spiro atoms. The third-order valence-corrected chi connectivity index (χ3v) is 6.27. The Morgan fingerprint density at radius 1 is 1.12 bits per heavy atom. The van der Waals surface area contributed by atoms with Gasteiger partial charge in [0, 0.05) is 6.20 Å². The molecule has 1 aliphatic rings. The molecule has 170 valence electrons. The molecule has 6 nitrogen and oxygen atoms in total. The van der Waals surface area contributed by atoms with Crippen molar-refractivity contribution in [2.75, 3.05) is 6.61 Å². The first-order chi connectivity index (χ1) is 15.2. The quantitative estimate of drug-likeness (QED) is 0.428. The van der Waals surface area contributed by atoms with Gasteiger partial charge < -0.3 is 9.47 Å². The number of aromatic nitrogens is 1. The number of aryl methyl sites for hydroxylation is 1. The van der Waals surface area contributed by atoms with Gasteiger partial charge in [0.2, 0.25) is 0 Å². The highest BCUT2D eigenvalue weighted by Gasteiger charge is 2.32. The van der Waals surface area contributed by atoms with Crippen molar-refractivity contribution in [3.8, 4) is 5.75 Å². The lowest BCUT2D eigenvalue weighted by Gasteiger charge is -2.23. The molecule has 1 fully saturated rings. The summed E-state index contributed by atoms with van der Waals surface area (Å²) in [6.07, 6.45) is 2.58. The van der Waals surface area contributed by atoms with Crippen LogP contribution in [-0.4, -0.2) is 33.7 Å². The van der Waals surface area contributed by atoms with Gasteiger partial charge >= 0.3 is 5.97 Å². The normalized spacial score (nSPS) is 17.3. The van der Waals surface area contributed by atoms with Crippen LogP contribution in [0.1, 0.15) is 57.0 Å². The molecule has 0 amide bonds. The molecule has 0 bridgehead atoms. The number of nitrogens with zero attached hydrogens (tertiary/aromatic N) is 1. The first kappa shape index (κ1) is 24.0. The van der Waals surface area contributed by atoms with Gasteiger partial charge in [-0.15, -0.1) is 0 Å². The Morgan fingerprint density at radius 2 is 1.81 bits per heavy atom. The Bertz CT molecular complexity index is 963. The van der Waals surface area contributed by atoms with E-state index in [0.717, 1.165) is 29.3 Å². The van der Waals surface area contributed by atoms with Crippen LogP contribution >= 0.6 is 11.8 Å². The molecular formula is C25H29NO5S. The lowest BCUT2D eigenvalue weighted by Crippen LogP contribution is -2.27. The van der Waals surface area contributed by atoms with Gasteiger partial charge in [0.25, 0.3) is 0 Å². The molecule has 2 aromatic rings. The van der Waals surface area contributed by atoms with Crippen LogP contribution in [0.3, 0.4) is 0 Å². The van der Waals surface area contributed by atoms with E-state index in [0.29, 0.717) is 17.9 Å². The first-order valence-corrected chi connectivity index (χ1v) is 11.6. The third-order valence-electron chi connectivity index (χ3n) is 5.14. The van der Waals surface area contributed by atoms with Gasteiger partial charge in [0.05, 0.1) is 22.8 Å². The Labute approximate surface area is 193 Å². The van der Waals surface area contributed by atoms with E-state index < -0.39 is 11.5 Å². The van der Waals surface area contributed by atoms with Crippen LogP contribution in [-0.2, 0) is 32.0 Å². The van der Waals surface area contributed by atoms with E-state index in [4.69, 9.17) is 9.47 Å². The summed E-state index contributed by atoms with van der Waals surface area (Å²) in [4.78, 5) is 40.2. The summed E-state index contributed by atoms with van der Waals surface area (Å²) >= 11 is 1.12. The van der Waals surface area contributed by atoms with E-state index in [9.17, 15) is 14.4 Å². The number of ketones is 1. The van der Waals surface area contributed by atoms with Crippen molar-refractivity contribution in [2.45, 2.75) is 58.3 Å². The third kappa shape index (κ3) is 6.42. The number of hydrogen-bond donors (Lipinski definition) is 0. The van der Waals surface area contributed by atoms with Crippen molar-refractivity contribution in [1.29, 1.82) is 0 Å². The maximum Gasteiger partial charge on any atom is 0.312 e. The van der Waals surface area contributed by atoms with Gasteiger partial charge in [-0.3, -0.25) is 19.4 Å². The minimum atomic E-state index is -0.639. The Balaban J connectivity index is 1.66. The minimum Gasteiger partial charge on any atom is -0.489 e. The van der Waals surface area contributed by atoms with Crippen LogP contribution in [0.5, 0.6) is 5.75 Å². The zero-order valence-corrected chi connectivity index (χ0v) is 19.7. The SMILES string of the molecule is CCc1ccc([C@H](COc2ccc(CC3SC(=O)CC3=O)cc2)OC(=O)C(C)(C)C)nc1. The summed E-state index contributed by atoms with van der Waals surface area (Å²) in [6, 6.07) is 11.2. The highest BCUT2D eigenvalue weighted by Crippen LogP contribution is 2.29. The van der Waals surface area contributed by atoms with Gasteiger partial charge in [-0.1, -0.05) is 36.9 Å². The van der Waals surface area contributed by atoms with Crippen molar-refractivity contribution in [3.63, 3.8) is 0 Å². The molecule has 0 aliphatic carbocycles. The van der Waals surface area contributed by atoms with E-state index in [2.05, 4.69) is 11.9 Å². The highest BCUT2D eigenvalue weighted by molar-refractivity contribution is 8.15. The molecule has 32 heavy (non-hydrogen) atoms. The molecular weight excluding hydrogens is 426 g/mol. The summed E-state index contributed by atoms with van der Waals surface area (Å²) in [5.74, 6) is 0.290. The number of carbonyl (C=O) groups excluding carboxylic acids is 3. The fraction of sp³-hybridized carbons (Fsp3) is 0.440. The summed E-state index contributed by atoms with van der Waals surface area (Å²) in [5, 5.41) is -0.357. The van der Waals surface area contributed by atoms with Crippen molar-refractivity contribution < 1.29 is 23.9 Å². The Hall–Kier alpha value is -2.67. The van der Waals surface area contributed by atoms with Crippen LogP contribution in [0.15, 0.2) is 42.6 Å². The number of hydrogen-bond acceptors (Lipinski definition) is 7. The van der Waals surface area contributed by atoms with Crippen LogP contribution in [0.25, 0.3) is 0 Å². The first-order valence-electron chi connectivity index (χ1n) is 10.8. The second-order valence-corrected chi connectivity index (χ2v) is 10.1. The molecule has 1 aromatic heterocycles. The monoisotopic (exact) mass is 455 g/mol. The predicted octanol–water partition coefficient (Wildman–Crippen LogP) is 4.50. The molecule has 1 aliphatic heterocycles. The Morgan fingerprint density at radius 3 is 2.34 bits per heavy atom. The smallest absolute Gasteiger partial charge is 0.312 e. The molecule has 3 rings (SSSR count). The number of esters is 1. The minimum absolute atomic E-state index is 0.00887. The van der Waals surface area contributed by atoms with Gasteiger partial charge in [-0.2, -0.15) is 0 Å². The number of thioether (sulfide) groups is 1. The molecule has 1 saturated heterocycles. The average molecular weight is 456 g/mol. The van der Waals surface area contributed by atoms with Crippen molar-refractivity contribution in [2.24, 2.45) is 5.41 Å². The fourth-order valence-electron chi connectivity index (χ4n) is 3.11. The zero-order chi connectivity index (χ0) is 23.3. The van der Waals surface area contributed by atoms with Crippen molar-refractivity contribution in [1.82, 2.24) is 4.98 Å². The second-order valence-electron chi connectivity index (χ2n) is 8.87. The van der Waals surface area contributed by atoms with Crippen LogP contribution in [0.2, 0.25) is 0 Å². The topological polar surface area (TPSA) is 82.6 Å². The number of ether oxygens (including phenoxy) is 2. The van der Waals surface area contributed by atoms with Gasteiger partial charge in [-0.25, -0.2) is 0 Å². The van der Waals surface area contributed by atoms with Crippen LogP contribution in [0.4, 0.5) is 0 Å². The average Bonchev–Trinajstić information content (AvgIpc) is 3.08. The lowest BCUT2D eigenvalue weighted by atomic mass is 9.97. The lowest BCUT2D eigenvalue weighted by molar-refractivity contribution is -0.160. The molecule has 0 N–H and O–H groups in total. The maximum absolute atomic E-state index is 12.5. The van der Waals surface area contributed by atoms with Crippen LogP contribution < -0.4 is 4.74 Å². The number of carbonyl (C=O) groups is 3. The molecule has 7 heteroatoms. The zero-order valence-electron chi connectivity index (χ0n) is 18.9. The van der Waals surface area contributed by atoms with E-state index in [-0.39, 0.29) is 35.1 Å².